The molecule has 2 aromatic rings. The average Bonchev–Trinajstić information content (AvgIpc) is 3.22. The highest BCUT2D eigenvalue weighted by Gasteiger charge is 2.35. The number of thioether (sulfide) groups is 1. The number of likely N-dealkylation sites (tertiary alicyclic amines) is 1. The number of fused-ring (bicyclic) bond motifs is 1. The summed E-state index contributed by atoms with van der Waals surface area (Å²) in [4.78, 5) is 14.9. The van der Waals surface area contributed by atoms with Gasteiger partial charge in [-0.05, 0) is 62.8 Å². The molecule has 6 nitrogen and oxygen atoms in total. The summed E-state index contributed by atoms with van der Waals surface area (Å²) in [5, 5.41) is 8.41. The molecule has 2 heterocycles. The Bertz CT molecular complexity index is 827. The van der Waals surface area contributed by atoms with Gasteiger partial charge in [0.25, 0.3) is 11.1 Å². The fraction of sp³-hybridized carbons (Fsp3) is 0.571. The van der Waals surface area contributed by atoms with Gasteiger partial charge in [-0.3, -0.25) is 4.79 Å². The number of hydrogen-bond acceptors (Lipinski definition) is 6. The molecular formula is C21H26FN3O3S. The summed E-state index contributed by atoms with van der Waals surface area (Å²) in [5.74, 6) is 1.66. The van der Waals surface area contributed by atoms with Crippen LogP contribution in [0.1, 0.15) is 57.4 Å². The topological polar surface area (TPSA) is 68.5 Å². The molecular weight excluding hydrogens is 393 g/mol. The van der Waals surface area contributed by atoms with E-state index in [9.17, 15) is 9.18 Å². The van der Waals surface area contributed by atoms with E-state index in [1.54, 1.807) is 19.1 Å². The second-order valence-electron chi connectivity index (χ2n) is 7.75. The van der Waals surface area contributed by atoms with Gasteiger partial charge in [0.1, 0.15) is 11.6 Å². The lowest BCUT2D eigenvalue weighted by molar-refractivity contribution is -0.134. The van der Waals surface area contributed by atoms with Crippen LogP contribution in [-0.4, -0.2) is 39.3 Å². The lowest BCUT2D eigenvalue weighted by atomic mass is 9.78. The van der Waals surface area contributed by atoms with Crippen molar-refractivity contribution in [3.05, 3.63) is 36.0 Å². The quantitative estimate of drug-likeness (QED) is 0.637. The van der Waals surface area contributed by atoms with Crippen molar-refractivity contribution in [2.45, 2.75) is 62.8 Å². The van der Waals surface area contributed by atoms with Crippen molar-refractivity contribution in [2.24, 2.45) is 5.92 Å². The summed E-state index contributed by atoms with van der Waals surface area (Å²) >= 11 is 1.27. The van der Waals surface area contributed by atoms with E-state index < -0.39 is 6.10 Å². The third-order valence-electron chi connectivity index (χ3n) is 5.78. The third kappa shape index (κ3) is 4.91. The summed E-state index contributed by atoms with van der Waals surface area (Å²) in [5.41, 5.74) is 0. The Kier molecular flexibility index (Phi) is 6.37. The predicted molar refractivity (Wildman–Crippen MR) is 107 cm³/mol. The Hall–Kier alpha value is -2.09. The first-order chi connectivity index (χ1) is 14.1. The predicted octanol–water partition coefficient (Wildman–Crippen LogP) is 4.62. The van der Waals surface area contributed by atoms with Crippen molar-refractivity contribution in [2.75, 3.05) is 12.3 Å². The number of halogens is 1. The van der Waals surface area contributed by atoms with Crippen molar-refractivity contribution in [1.82, 2.24) is 15.1 Å². The van der Waals surface area contributed by atoms with Gasteiger partial charge in [-0.25, -0.2) is 4.39 Å². The zero-order valence-electron chi connectivity index (χ0n) is 16.6. The van der Waals surface area contributed by atoms with Crippen molar-refractivity contribution in [1.29, 1.82) is 0 Å². The van der Waals surface area contributed by atoms with Crippen molar-refractivity contribution >= 4 is 17.7 Å². The maximum absolute atomic E-state index is 13.0. The summed E-state index contributed by atoms with van der Waals surface area (Å²) in [6, 6.07) is 6.18. The Morgan fingerprint density at radius 1 is 1.24 bits per heavy atom. The first kappa shape index (κ1) is 20.2. The van der Waals surface area contributed by atoms with Crippen LogP contribution in [-0.2, 0) is 4.79 Å². The van der Waals surface area contributed by atoms with Crippen LogP contribution in [0, 0.1) is 11.7 Å². The van der Waals surface area contributed by atoms with Gasteiger partial charge in [0.2, 0.25) is 5.91 Å². The zero-order chi connectivity index (χ0) is 20.2. The molecule has 0 unspecified atom stereocenters. The van der Waals surface area contributed by atoms with E-state index in [0.717, 1.165) is 19.4 Å². The SMILES string of the molecule is C[C@H](Oc1ccc(F)cc1)c1nnc(SCC(=O)N2CCC[C@H]3CCCC[C@@H]32)o1. The fourth-order valence-electron chi connectivity index (χ4n) is 4.35. The summed E-state index contributed by atoms with van der Waals surface area (Å²) in [6.45, 7) is 2.64. The second-order valence-corrected chi connectivity index (χ2v) is 8.68. The van der Waals surface area contributed by atoms with Crippen LogP contribution in [0.25, 0.3) is 0 Å². The number of rotatable bonds is 6. The van der Waals surface area contributed by atoms with E-state index in [0.29, 0.717) is 34.6 Å². The van der Waals surface area contributed by atoms with E-state index in [4.69, 9.17) is 9.15 Å². The maximum atomic E-state index is 13.0. The van der Waals surface area contributed by atoms with E-state index in [2.05, 4.69) is 15.1 Å². The van der Waals surface area contributed by atoms with Gasteiger partial charge in [0, 0.05) is 12.6 Å². The average molecular weight is 420 g/mol. The molecule has 4 rings (SSSR count). The van der Waals surface area contributed by atoms with Crippen LogP contribution >= 0.6 is 11.8 Å². The highest BCUT2D eigenvalue weighted by Crippen LogP contribution is 2.35. The molecule has 0 spiro atoms. The fourth-order valence-corrected chi connectivity index (χ4v) is 5.01. The minimum absolute atomic E-state index is 0.155. The summed E-state index contributed by atoms with van der Waals surface area (Å²) in [6.07, 6.45) is 6.77. The monoisotopic (exact) mass is 419 g/mol. The van der Waals surface area contributed by atoms with Crippen LogP contribution in [0.4, 0.5) is 4.39 Å². The van der Waals surface area contributed by atoms with Crippen LogP contribution in [0.2, 0.25) is 0 Å². The minimum atomic E-state index is -0.469. The Labute approximate surface area is 174 Å². The van der Waals surface area contributed by atoms with Crippen LogP contribution in [0.3, 0.4) is 0 Å². The largest absolute Gasteiger partial charge is 0.481 e. The van der Waals surface area contributed by atoms with Crippen molar-refractivity contribution in [3.63, 3.8) is 0 Å². The number of piperidine rings is 1. The highest BCUT2D eigenvalue weighted by molar-refractivity contribution is 7.99. The lowest BCUT2D eigenvalue weighted by Crippen LogP contribution is -2.50. The molecule has 1 aromatic heterocycles. The van der Waals surface area contributed by atoms with E-state index in [1.807, 2.05) is 0 Å². The Morgan fingerprint density at radius 2 is 2.00 bits per heavy atom. The number of hydrogen-bond donors (Lipinski definition) is 0. The van der Waals surface area contributed by atoms with Gasteiger partial charge < -0.3 is 14.1 Å². The molecule has 1 aromatic carbocycles. The number of carbonyl (C=O) groups is 1. The Morgan fingerprint density at radius 3 is 2.83 bits per heavy atom. The Balaban J connectivity index is 1.30. The molecule has 1 amide bonds. The molecule has 1 aliphatic heterocycles. The van der Waals surface area contributed by atoms with Gasteiger partial charge in [0.05, 0.1) is 5.75 Å². The molecule has 156 valence electrons. The number of aromatic nitrogens is 2. The minimum Gasteiger partial charge on any atom is -0.481 e. The number of ether oxygens (including phenoxy) is 1. The van der Waals surface area contributed by atoms with E-state index in [1.165, 1.54) is 49.6 Å². The van der Waals surface area contributed by atoms with E-state index in [-0.39, 0.29) is 11.7 Å². The highest BCUT2D eigenvalue weighted by atomic mass is 32.2. The lowest BCUT2D eigenvalue weighted by Gasteiger charge is -2.44. The molecule has 2 fully saturated rings. The van der Waals surface area contributed by atoms with Gasteiger partial charge in [-0.15, -0.1) is 10.2 Å². The third-order valence-corrected chi connectivity index (χ3v) is 6.58. The van der Waals surface area contributed by atoms with Gasteiger partial charge in [0.15, 0.2) is 6.10 Å². The summed E-state index contributed by atoms with van der Waals surface area (Å²) < 4.78 is 24.4. The molecule has 2 aliphatic rings. The van der Waals surface area contributed by atoms with Crippen molar-refractivity contribution < 1.29 is 18.3 Å². The number of benzene rings is 1. The van der Waals surface area contributed by atoms with Crippen LogP contribution in [0.15, 0.2) is 33.9 Å². The molecule has 0 N–H and O–H groups in total. The number of carbonyl (C=O) groups excluding carboxylic acids is 1. The maximum Gasteiger partial charge on any atom is 0.277 e. The molecule has 0 radical (unpaired) electrons. The van der Waals surface area contributed by atoms with Gasteiger partial charge in [-0.1, -0.05) is 24.6 Å². The number of amides is 1. The van der Waals surface area contributed by atoms with Crippen LogP contribution in [0.5, 0.6) is 5.75 Å². The zero-order valence-corrected chi connectivity index (χ0v) is 17.4. The normalized spacial score (nSPS) is 22.8. The number of nitrogens with zero attached hydrogens (tertiary/aromatic N) is 3. The molecule has 1 aliphatic carbocycles. The molecule has 0 bridgehead atoms. The molecule has 1 saturated heterocycles. The van der Waals surface area contributed by atoms with Crippen molar-refractivity contribution in [3.8, 4) is 5.75 Å². The first-order valence-corrected chi connectivity index (χ1v) is 11.3. The van der Waals surface area contributed by atoms with E-state index >= 15 is 0 Å². The first-order valence-electron chi connectivity index (χ1n) is 10.3. The molecule has 8 heteroatoms. The summed E-state index contributed by atoms with van der Waals surface area (Å²) in [7, 11) is 0. The standard InChI is InChI=1S/C21H26FN3O3S/c1-14(27-17-10-8-16(22)9-11-17)20-23-24-21(28-20)29-13-19(26)25-12-4-6-15-5-2-3-7-18(15)25/h8-11,14-15,18H,2-7,12-13H2,1H3/t14-,15+,18-/m0/s1. The molecule has 29 heavy (non-hydrogen) atoms. The van der Waals surface area contributed by atoms with Crippen LogP contribution < -0.4 is 4.74 Å². The smallest absolute Gasteiger partial charge is 0.277 e. The van der Waals surface area contributed by atoms with Gasteiger partial charge >= 0.3 is 0 Å². The van der Waals surface area contributed by atoms with Gasteiger partial charge in [-0.2, -0.15) is 0 Å². The second kappa shape index (κ2) is 9.15. The molecule has 3 atom stereocenters. The molecule has 1 saturated carbocycles.